The summed E-state index contributed by atoms with van der Waals surface area (Å²) in [5.41, 5.74) is 4.17. The summed E-state index contributed by atoms with van der Waals surface area (Å²) in [7, 11) is -2.31. The molecule has 0 aliphatic rings. The van der Waals surface area contributed by atoms with Gasteiger partial charge in [0, 0.05) is 12.7 Å². The van der Waals surface area contributed by atoms with Gasteiger partial charge in [-0.3, -0.25) is 4.79 Å². The van der Waals surface area contributed by atoms with E-state index in [9.17, 15) is 13.2 Å². The Bertz CT molecular complexity index is 905. The smallest absolute Gasteiger partial charge is 0.243 e. The van der Waals surface area contributed by atoms with E-state index in [2.05, 4.69) is 5.32 Å². The second-order valence-corrected chi connectivity index (χ2v) is 8.41. The first-order valence-corrected chi connectivity index (χ1v) is 9.46. The molecule has 0 saturated carbocycles. The summed E-state index contributed by atoms with van der Waals surface area (Å²) >= 11 is 0. The van der Waals surface area contributed by atoms with Crippen LogP contribution in [0.3, 0.4) is 0 Å². The number of likely N-dealkylation sites (N-methyl/N-ethyl adjacent to an activating group) is 1. The summed E-state index contributed by atoms with van der Waals surface area (Å²) in [5.74, 6) is -0.370. The molecule has 5 nitrogen and oxygen atoms in total. The summed E-state index contributed by atoms with van der Waals surface area (Å²) in [6.45, 7) is 7.17. The van der Waals surface area contributed by atoms with Crippen LogP contribution in [0.2, 0.25) is 0 Å². The Balaban J connectivity index is 2.17. The van der Waals surface area contributed by atoms with Gasteiger partial charge in [0.1, 0.15) is 0 Å². The number of amides is 1. The van der Waals surface area contributed by atoms with Crippen LogP contribution in [0.5, 0.6) is 0 Å². The number of benzene rings is 2. The number of hydrogen-bond acceptors (Lipinski definition) is 3. The summed E-state index contributed by atoms with van der Waals surface area (Å²) in [5, 5.41) is 2.79. The quantitative estimate of drug-likeness (QED) is 0.890. The molecule has 134 valence electrons. The second-order valence-electron chi connectivity index (χ2n) is 6.40. The Morgan fingerprint density at radius 2 is 1.52 bits per heavy atom. The lowest BCUT2D eigenvalue weighted by Crippen LogP contribution is -2.35. The Hall–Kier alpha value is -2.18. The number of anilines is 1. The van der Waals surface area contributed by atoms with Crippen molar-refractivity contribution in [2.45, 2.75) is 32.6 Å². The maximum absolute atomic E-state index is 12.8. The van der Waals surface area contributed by atoms with Crippen LogP contribution in [0, 0.1) is 27.7 Å². The molecule has 0 aromatic heterocycles. The van der Waals surface area contributed by atoms with Crippen molar-refractivity contribution in [1.29, 1.82) is 0 Å². The minimum Gasteiger partial charge on any atom is -0.325 e. The topological polar surface area (TPSA) is 66.5 Å². The van der Waals surface area contributed by atoms with Crippen molar-refractivity contribution in [2.75, 3.05) is 18.9 Å². The van der Waals surface area contributed by atoms with Gasteiger partial charge < -0.3 is 5.32 Å². The van der Waals surface area contributed by atoms with Crippen LogP contribution in [0.25, 0.3) is 0 Å². The van der Waals surface area contributed by atoms with Crippen LogP contribution < -0.4 is 5.32 Å². The van der Waals surface area contributed by atoms with Gasteiger partial charge in [0.25, 0.3) is 0 Å². The van der Waals surface area contributed by atoms with Crippen LogP contribution in [0.4, 0.5) is 5.69 Å². The van der Waals surface area contributed by atoms with E-state index in [4.69, 9.17) is 0 Å². The van der Waals surface area contributed by atoms with Crippen molar-refractivity contribution < 1.29 is 13.2 Å². The molecular weight excluding hydrogens is 336 g/mol. The van der Waals surface area contributed by atoms with Gasteiger partial charge in [-0.15, -0.1) is 0 Å². The molecule has 25 heavy (non-hydrogen) atoms. The molecular formula is C19H24N2O3S. The number of carbonyl (C=O) groups excluding carboxylic acids is 1. The summed E-state index contributed by atoms with van der Waals surface area (Å²) < 4.78 is 26.6. The predicted octanol–water partition coefficient (Wildman–Crippen LogP) is 3.18. The molecule has 2 aromatic carbocycles. The van der Waals surface area contributed by atoms with Gasteiger partial charge in [0.15, 0.2) is 0 Å². The Kier molecular flexibility index (Phi) is 5.65. The van der Waals surface area contributed by atoms with Crippen molar-refractivity contribution in [3.63, 3.8) is 0 Å². The summed E-state index contributed by atoms with van der Waals surface area (Å²) in [6, 6.07) is 11.0. The average molecular weight is 360 g/mol. The zero-order valence-corrected chi connectivity index (χ0v) is 16.1. The maximum atomic E-state index is 12.8. The third-order valence-electron chi connectivity index (χ3n) is 4.07. The fraction of sp³-hybridized carbons (Fsp3) is 0.316. The highest BCUT2D eigenvalue weighted by Gasteiger charge is 2.25. The molecule has 0 saturated heterocycles. The van der Waals surface area contributed by atoms with Crippen LogP contribution in [0.1, 0.15) is 22.3 Å². The monoisotopic (exact) mass is 360 g/mol. The molecule has 1 N–H and O–H groups in total. The van der Waals surface area contributed by atoms with E-state index in [0.29, 0.717) is 11.3 Å². The largest absolute Gasteiger partial charge is 0.325 e. The van der Waals surface area contributed by atoms with Gasteiger partial charge in [-0.1, -0.05) is 24.3 Å². The molecule has 2 aromatic rings. The molecule has 0 atom stereocenters. The maximum Gasteiger partial charge on any atom is 0.243 e. The van der Waals surface area contributed by atoms with Crippen LogP contribution in [0.15, 0.2) is 41.3 Å². The lowest BCUT2D eigenvalue weighted by Gasteiger charge is -2.19. The Morgan fingerprint density at radius 1 is 0.960 bits per heavy atom. The van der Waals surface area contributed by atoms with E-state index in [0.717, 1.165) is 21.0 Å². The number of rotatable bonds is 5. The van der Waals surface area contributed by atoms with Crippen molar-refractivity contribution >= 4 is 21.6 Å². The van der Waals surface area contributed by atoms with E-state index in [-0.39, 0.29) is 17.3 Å². The van der Waals surface area contributed by atoms with Crippen molar-refractivity contribution in [2.24, 2.45) is 0 Å². The molecule has 0 radical (unpaired) electrons. The number of nitrogens with zero attached hydrogens (tertiary/aromatic N) is 1. The SMILES string of the molecule is Cc1ccc(C)c(NC(=O)CN(C)S(=O)(=O)c2cc(C)ccc2C)c1. The van der Waals surface area contributed by atoms with Gasteiger partial charge in [-0.25, -0.2) is 8.42 Å². The van der Waals surface area contributed by atoms with Crippen LogP contribution >= 0.6 is 0 Å². The molecule has 0 aliphatic heterocycles. The summed E-state index contributed by atoms with van der Waals surface area (Å²) in [6.07, 6.45) is 0. The minimum atomic E-state index is -3.73. The molecule has 6 heteroatoms. The van der Waals surface area contributed by atoms with Gasteiger partial charge in [-0.05, 0) is 62.1 Å². The Morgan fingerprint density at radius 3 is 2.16 bits per heavy atom. The van der Waals surface area contributed by atoms with Crippen LogP contribution in [-0.4, -0.2) is 32.2 Å². The fourth-order valence-electron chi connectivity index (χ4n) is 2.50. The fourth-order valence-corrected chi connectivity index (χ4v) is 3.93. The van der Waals surface area contributed by atoms with Gasteiger partial charge in [0.05, 0.1) is 11.4 Å². The number of sulfonamides is 1. The molecule has 0 aliphatic carbocycles. The average Bonchev–Trinajstić information content (AvgIpc) is 2.53. The first kappa shape index (κ1) is 19.1. The van der Waals surface area contributed by atoms with E-state index < -0.39 is 10.0 Å². The highest BCUT2D eigenvalue weighted by atomic mass is 32.2. The molecule has 1 amide bonds. The highest BCUT2D eigenvalue weighted by Crippen LogP contribution is 2.21. The number of hydrogen-bond donors (Lipinski definition) is 1. The number of aryl methyl sites for hydroxylation is 4. The molecule has 0 heterocycles. The normalized spacial score (nSPS) is 11.6. The third kappa shape index (κ3) is 4.46. The van der Waals surface area contributed by atoms with Crippen LogP contribution in [-0.2, 0) is 14.8 Å². The number of nitrogens with one attached hydrogen (secondary N) is 1. The summed E-state index contributed by atoms with van der Waals surface area (Å²) in [4.78, 5) is 12.5. The minimum absolute atomic E-state index is 0.231. The van der Waals surface area contributed by atoms with Crippen molar-refractivity contribution in [1.82, 2.24) is 4.31 Å². The first-order valence-electron chi connectivity index (χ1n) is 8.02. The second kappa shape index (κ2) is 7.37. The predicted molar refractivity (Wildman–Crippen MR) is 100 cm³/mol. The first-order chi connectivity index (χ1) is 11.6. The third-order valence-corrected chi connectivity index (χ3v) is 6.01. The van der Waals surface area contributed by atoms with E-state index >= 15 is 0 Å². The Labute approximate surface area is 149 Å². The molecule has 0 unspecified atom stereocenters. The lowest BCUT2D eigenvalue weighted by molar-refractivity contribution is -0.116. The molecule has 0 fully saturated rings. The molecule has 0 spiro atoms. The highest BCUT2D eigenvalue weighted by molar-refractivity contribution is 7.89. The molecule has 0 bridgehead atoms. The number of carbonyl (C=O) groups is 1. The van der Waals surface area contributed by atoms with Crippen molar-refractivity contribution in [3.8, 4) is 0 Å². The van der Waals surface area contributed by atoms with Gasteiger partial charge in [0.2, 0.25) is 15.9 Å². The van der Waals surface area contributed by atoms with E-state index in [1.165, 1.54) is 7.05 Å². The molecule has 2 rings (SSSR count). The van der Waals surface area contributed by atoms with E-state index in [1.807, 2.05) is 45.0 Å². The van der Waals surface area contributed by atoms with Gasteiger partial charge in [-0.2, -0.15) is 4.31 Å². The van der Waals surface area contributed by atoms with E-state index in [1.54, 1.807) is 19.1 Å². The standard InChI is InChI=1S/C19H24N2O3S/c1-13-6-8-15(3)17(10-13)20-19(22)12-21(5)25(23,24)18-11-14(2)7-9-16(18)4/h6-11H,12H2,1-5H3,(H,20,22). The zero-order valence-electron chi connectivity index (χ0n) is 15.3. The zero-order chi connectivity index (χ0) is 18.8. The lowest BCUT2D eigenvalue weighted by atomic mass is 10.1. The van der Waals surface area contributed by atoms with Crippen molar-refractivity contribution in [3.05, 3.63) is 58.7 Å². The van der Waals surface area contributed by atoms with Gasteiger partial charge >= 0.3 is 0 Å².